The van der Waals surface area contributed by atoms with Gasteiger partial charge in [0.05, 0.1) is 17.6 Å². The first-order valence-electron chi connectivity index (χ1n) is 9.43. The molecule has 2 heterocycles. The molecule has 0 spiro atoms. The molecule has 0 bridgehead atoms. The van der Waals surface area contributed by atoms with Crippen molar-refractivity contribution >= 4 is 40.3 Å². The van der Waals surface area contributed by atoms with Gasteiger partial charge >= 0.3 is 0 Å². The molecule has 2 saturated heterocycles. The lowest BCUT2D eigenvalue weighted by Crippen LogP contribution is -2.35. The van der Waals surface area contributed by atoms with E-state index in [1.54, 1.807) is 17.0 Å². The number of thioether (sulfide) groups is 1. The molecule has 2 aliphatic heterocycles. The molecule has 2 fully saturated rings. The Morgan fingerprint density at radius 1 is 1.28 bits per heavy atom. The molecule has 29 heavy (non-hydrogen) atoms. The number of amides is 1. The topological polar surface area (TPSA) is 38.8 Å². The van der Waals surface area contributed by atoms with Gasteiger partial charge in [0.1, 0.15) is 22.5 Å². The minimum Gasteiger partial charge on any atom is -0.488 e. The predicted octanol–water partition coefficient (Wildman–Crippen LogP) is 4.78. The number of thiocarbonyl (C=S) groups is 1. The SMILES string of the molecule is O=C1/C(=C/c2ccccc2OCc2cccc(F)c2)SC(=S)N1C[C@@H]1CCCO1. The van der Waals surface area contributed by atoms with Gasteiger partial charge in [0, 0.05) is 12.2 Å². The maximum Gasteiger partial charge on any atom is 0.266 e. The fraction of sp³-hybridized carbons (Fsp3) is 0.273. The summed E-state index contributed by atoms with van der Waals surface area (Å²) in [4.78, 5) is 15.0. The van der Waals surface area contributed by atoms with Crippen LogP contribution in [0.1, 0.15) is 24.0 Å². The lowest BCUT2D eigenvalue weighted by Gasteiger charge is -2.18. The standard InChI is InChI=1S/C22H20FNO3S2/c23-17-7-3-5-15(11-17)14-27-19-9-2-1-6-16(19)12-20-21(25)24(22(28)29-20)13-18-8-4-10-26-18/h1-3,5-7,9,11-12,18H,4,8,10,13-14H2/b20-12-/t18-/m0/s1. The van der Waals surface area contributed by atoms with E-state index in [1.807, 2.05) is 30.3 Å². The molecule has 0 unspecified atom stereocenters. The molecule has 4 nitrogen and oxygen atoms in total. The van der Waals surface area contributed by atoms with Crippen LogP contribution in [0.25, 0.3) is 6.08 Å². The molecule has 2 aromatic carbocycles. The van der Waals surface area contributed by atoms with Gasteiger partial charge in [-0.1, -0.05) is 54.3 Å². The van der Waals surface area contributed by atoms with Gasteiger partial charge in [-0.15, -0.1) is 0 Å². The zero-order chi connectivity index (χ0) is 20.2. The average Bonchev–Trinajstić information content (AvgIpc) is 3.32. The van der Waals surface area contributed by atoms with Crippen LogP contribution in [-0.2, 0) is 16.1 Å². The summed E-state index contributed by atoms with van der Waals surface area (Å²) < 4.78 is 25.4. The highest BCUT2D eigenvalue weighted by molar-refractivity contribution is 8.26. The van der Waals surface area contributed by atoms with Crippen LogP contribution in [0.15, 0.2) is 53.4 Å². The molecule has 1 amide bonds. The quantitative estimate of drug-likeness (QED) is 0.488. The summed E-state index contributed by atoms with van der Waals surface area (Å²) in [7, 11) is 0. The number of rotatable bonds is 6. The zero-order valence-corrected chi connectivity index (χ0v) is 17.3. The van der Waals surface area contributed by atoms with E-state index >= 15 is 0 Å². The van der Waals surface area contributed by atoms with Gasteiger partial charge in [-0.3, -0.25) is 9.69 Å². The number of carbonyl (C=O) groups is 1. The fourth-order valence-electron chi connectivity index (χ4n) is 3.31. The highest BCUT2D eigenvalue weighted by Gasteiger charge is 2.34. The normalized spacial score (nSPS) is 20.7. The van der Waals surface area contributed by atoms with Crippen molar-refractivity contribution in [3.63, 3.8) is 0 Å². The van der Waals surface area contributed by atoms with Gasteiger partial charge < -0.3 is 9.47 Å². The Balaban J connectivity index is 1.49. The van der Waals surface area contributed by atoms with Crippen molar-refractivity contribution in [1.29, 1.82) is 0 Å². The molecule has 150 valence electrons. The molecule has 0 radical (unpaired) electrons. The third-order valence-electron chi connectivity index (χ3n) is 4.77. The number of hydrogen-bond donors (Lipinski definition) is 0. The Bertz CT molecular complexity index is 957. The van der Waals surface area contributed by atoms with Crippen molar-refractivity contribution in [2.75, 3.05) is 13.2 Å². The van der Waals surface area contributed by atoms with Crippen LogP contribution in [0.5, 0.6) is 5.75 Å². The molecule has 0 saturated carbocycles. The highest BCUT2D eigenvalue weighted by atomic mass is 32.2. The summed E-state index contributed by atoms with van der Waals surface area (Å²) in [6.45, 7) is 1.48. The molecular weight excluding hydrogens is 409 g/mol. The number of para-hydroxylation sites is 1. The molecule has 0 aliphatic carbocycles. The minimum absolute atomic E-state index is 0.0544. The molecule has 1 atom stereocenters. The zero-order valence-electron chi connectivity index (χ0n) is 15.7. The van der Waals surface area contributed by atoms with E-state index in [1.165, 1.54) is 23.9 Å². The highest BCUT2D eigenvalue weighted by Crippen LogP contribution is 2.35. The maximum atomic E-state index is 13.4. The average molecular weight is 430 g/mol. The molecule has 2 aromatic rings. The number of nitrogens with zero attached hydrogens (tertiary/aromatic N) is 1. The summed E-state index contributed by atoms with van der Waals surface area (Å²) in [5, 5.41) is 0. The molecule has 0 aromatic heterocycles. The van der Waals surface area contributed by atoms with Crippen LogP contribution in [0.3, 0.4) is 0 Å². The monoisotopic (exact) mass is 429 g/mol. The van der Waals surface area contributed by atoms with Gasteiger partial charge in [0.2, 0.25) is 0 Å². The van der Waals surface area contributed by atoms with Crippen molar-refractivity contribution in [2.45, 2.75) is 25.6 Å². The maximum absolute atomic E-state index is 13.4. The van der Waals surface area contributed by atoms with Crippen LogP contribution >= 0.6 is 24.0 Å². The van der Waals surface area contributed by atoms with Crippen molar-refractivity contribution in [1.82, 2.24) is 4.90 Å². The lowest BCUT2D eigenvalue weighted by molar-refractivity contribution is -0.123. The van der Waals surface area contributed by atoms with Gasteiger partial charge in [-0.05, 0) is 42.7 Å². The Hall–Kier alpha value is -2.22. The minimum atomic E-state index is -0.297. The van der Waals surface area contributed by atoms with Gasteiger partial charge in [0.25, 0.3) is 5.91 Å². The molecule has 7 heteroatoms. The molecule has 4 rings (SSSR count). The largest absolute Gasteiger partial charge is 0.488 e. The van der Waals surface area contributed by atoms with Crippen LogP contribution < -0.4 is 4.74 Å². The second-order valence-electron chi connectivity index (χ2n) is 6.88. The lowest BCUT2D eigenvalue weighted by atomic mass is 10.1. The van der Waals surface area contributed by atoms with Gasteiger partial charge in [-0.2, -0.15) is 0 Å². The van der Waals surface area contributed by atoms with Crippen molar-refractivity contribution in [2.24, 2.45) is 0 Å². The first-order valence-corrected chi connectivity index (χ1v) is 10.7. The summed E-state index contributed by atoms with van der Waals surface area (Å²) >= 11 is 6.70. The number of hydrogen-bond acceptors (Lipinski definition) is 5. The Kier molecular flexibility index (Phi) is 6.28. The number of benzene rings is 2. The summed E-state index contributed by atoms with van der Waals surface area (Å²) in [5.41, 5.74) is 1.52. The van der Waals surface area contributed by atoms with E-state index in [9.17, 15) is 9.18 Å². The van der Waals surface area contributed by atoms with Gasteiger partial charge in [-0.25, -0.2) is 4.39 Å². The van der Waals surface area contributed by atoms with E-state index < -0.39 is 0 Å². The first-order chi connectivity index (χ1) is 14.1. The molecule has 0 N–H and O–H groups in total. The van der Waals surface area contributed by atoms with Crippen LogP contribution in [0, 0.1) is 5.82 Å². The van der Waals surface area contributed by atoms with E-state index in [4.69, 9.17) is 21.7 Å². The summed E-state index contributed by atoms with van der Waals surface area (Å²) in [5.74, 6) is 0.228. The second-order valence-corrected chi connectivity index (χ2v) is 8.56. The van der Waals surface area contributed by atoms with Crippen molar-refractivity contribution in [3.8, 4) is 5.75 Å². The van der Waals surface area contributed by atoms with E-state index in [2.05, 4.69) is 0 Å². The first kappa shape index (κ1) is 20.1. The van der Waals surface area contributed by atoms with Crippen LogP contribution in [0.2, 0.25) is 0 Å². The van der Waals surface area contributed by atoms with E-state index in [-0.39, 0.29) is 24.4 Å². The van der Waals surface area contributed by atoms with Crippen molar-refractivity contribution < 1.29 is 18.7 Å². The third-order valence-corrected chi connectivity index (χ3v) is 6.15. The smallest absolute Gasteiger partial charge is 0.266 e. The number of ether oxygens (including phenoxy) is 2. The molecular formula is C22H20FNO3S2. The summed E-state index contributed by atoms with van der Waals surface area (Å²) in [6, 6.07) is 13.8. The van der Waals surface area contributed by atoms with Gasteiger partial charge in [0.15, 0.2) is 0 Å². The Morgan fingerprint density at radius 3 is 2.93 bits per heavy atom. The van der Waals surface area contributed by atoms with Crippen molar-refractivity contribution in [3.05, 3.63) is 70.4 Å². The predicted molar refractivity (Wildman–Crippen MR) is 116 cm³/mol. The fourth-order valence-corrected chi connectivity index (χ4v) is 4.58. The van der Waals surface area contributed by atoms with E-state index in [0.29, 0.717) is 21.5 Å². The third kappa shape index (κ3) is 4.86. The summed E-state index contributed by atoms with van der Waals surface area (Å²) in [6.07, 6.45) is 3.83. The number of carbonyl (C=O) groups excluding carboxylic acids is 1. The van der Waals surface area contributed by atoms with Crippen LogP contribution in [-0.4, -0.2) is 34.4 Å². The van der Waals surface area contributed by atoms with E-state index in [0.717, 1.165) is 30.6 Å². The Morgan fingerprint density at radius 2 is 2.14 bits per heavy atom. The van der Waals surface area contributed by atoms with Crippen LogP contribution in [0.4, 0.5) is 4.39 Å². The number of halogens is 1. The second kappa shape index (κ2) is 9.07. The molecule has 2 aliphatic rings. The Labute approximate surface area is 178 Å².